The van der Waals surface area contributed by atoms with Crippen LogP contribution >= 0.6 is 8.10 Å². The van der Waals surface area contributed by atoms with E-state index in [2.05, 4.69) is 19.8 Å². The smallest absolute Gasteiger partial charge is 0.465 e. The molecular weight excluding hydrogens is 367 g/mol. The Labute approximate surface area is 145 Å². The van der Waals surface area contributed by atoms with Crippen LogP contribution in [0.5, 0.6) is 0 Å². The normalized spacial score (nSPS) is 11.7. The Kier molecular flexibility index (Phi) is 5.78. The Hall–Kier alpha value is -2.42. The molecular formula is C14H16N4O5PS+. The molecule has 0 saturated heterocycles. The molecule has 11 heteroatoms. The van der Waals surface area contributed by atoms with Crippen molar-refractivity contribution in [3.05, 3.63) is 47.3 Å². The summed E-state index contributed by atoms with van der Waals surface area (Å²) in [6.45, 7) is 3.45. The van der Waals surface area contributed by atoms with Gasteiger partial charge in [-0.2, -0.15) is 0 Å². The van der Waals surface area contributed by atoms with Crippen molar-refractivity contribution in [3.8, 4) is 0 Å². The van der Waals surface area contributed by atoms with Gasteiger partial charge in [-0.05, 0) is 36.6 Å². The summed E-state index contributed by atoms with van der Waals surface area (Å²) < 4.78 is 43.5. The van der Waals surface area contributed by atoms with E-state index < -0.39 is 24.1 Å². The molecule has 2 aromatic rings. The average Bonchev–Trinajstić information content (AvgIpc) is 2.52. The molecule has 0 radical (unpaired) electrons. The number of carbonyl (C=O) groups is 1. The van der Waals surface area contributed by atoms with Crippen LogP contribution in [0.1, 0.15) is 21.7 Å². The van der Waals surface area contributed by atoms with Crippen LogP contribution in [0, 0.1) is 13.8 Å². The number of sulfonamides is 1. The highest BCUT2D eigenvalue weighted by Crippen LogP contribution is 2.24. The van der Waals surface area contributed by atoms with Gasteiger partial charge in [-0.3, -0.25) is 0 Å². The van der Waals surface area contributed by atoms with E-state index in [0.29, 0.717) is 11.4 Å². The van der Waals surface area contributed by atoms with Crippen LogP contribution in [-0.4, -0.2) is 31.5 Å². The van der Waals surface area contributed by atoms with Gasteiger partial charge in [-0.1, -0.05) is 12.1 Å². The van der Waals surface area contributed by atoms with Crippen molar-refractivity contribution in [2.45, 2.75) is 18.7 Å². The zero-order valence-corrected chi connectivity index (χ0v) is 15.4. The third-order valence-electron chi connectivity index (χ3n) is 2.97. The molecule has 0 aliphatic heterocycles. The number of rotatable bonds is 6. The quantitative estimate of drug-likeness (QED) is 0.572. The van der Waals surface area contributed by atoms with E-state index >= 15 is 0 Å². The number of ether oxygens (including phenoxy) is 1. The molecule has 1 unspecified atom stereocenters. The highest BCUT2D eigenvalue weighted by Gasteiger charge is 2.32. The molecule has 25 heavy (non-hydrogen) atoms. The van der Waals surface area contributed by atoms with Crippen LogP contribution in [-0.2, 0) is 19.3 Å². The maximum absolute atomic E-state index is 12.4. The van der Waals surface area contributed by atoms with Crippen molar-refractivity contribution in [3.63, 3.8) is 0 Å². The van der Waals surface area contributed by atoms with Gasteiger partial charge in [0.2, 0.25) is 0 Å². The number of carbonyl (C=O) groups excluding carboxylic acids is 1. The molecule has 2 N–H and O–H groups in total. The Morgan fingerprint density at radius 3 is 2.36 bits per heavy atom. The minimum absolute atomic E-state index is 0.0302. The second kappa shape index (κ2) is 7.64. The fraction of sp³-hybridized carbons (Fsp3) is 0.214. The number of aromatic nitrogens is 2. The number of nitrogens with one attached hydrogen (secondary N) is 2. The van der Waals surface area contributed by atoms with Crippen molar-refractivity contribution < 1.29 is 22.5 Å². The Morgan fingerprint density at radius 2 is 1.76 bits per heavy atom. The van der Waals surface area contributed by atoms with E-state index in [1.165, 1.54) is 24.3 Å². The summed E-state index contributed by atoms with van der Waals surface area (Å²) in [5.41, 5.74) is 1.11. The lowest BCUT2D eigenvalue weighted by Gasteiger charge is -2.06. The molecule has 0 fully saturated rings. The zero-order chi connectivity index (χ0) is 18.6. The molecule has 0 spiro atoms. The summed E-state index contributed by atoms with van der Waals surface area (Å²) in [5.74, 6) is -0.788. The minimum atomic E-state index is -4.24. The van der Waals surface area contributed by atoms with Gasteiger partial charge >= 0.3 is 14.1 Å². The molecule has 1 aromatic heterocycles. The highest BCUT2D eigenvalue weighted by molar-refractivity contribution is 7.94. The summed E-state index contributed by atoms with van der Waals surface area (Å²) in [4.78, 5) is 19.4. The van der Waals surface area contributed by atoms with Crippen molar-refractivity contribution in [1.29, 1.82) is 0 Å². The standard InChI is InChI=1S/C14H16N4O5PS/c1-9-8-10(2)16-14(15-9)17-24(20)18-25(21,22)12-7-5-4-6-11(12)13(19)23-3/h4-8H,1-3H3,(H2,15,16,17,18,20)/q+1. The fourth-order valence-electron chi connectivity index (χ4n) is 2.03. The van der Waals surface area contributed by atoms with Crippen molar-refractivity contribution in [2.75, 3.05) is 12.2 Å². The number of nitrogens with zero attached hydrogens (tertiary/aromatic N) is 2. The van der Waals surface area contributed by atoms with Crippen molar-refractivity contribution in [2.24, 2.45) is 0 Å². The Bertz CT molecular complexity index is 912. The van der Waals surface area contributed by atoms with Crippen LogP contribution in [0.3, 0.4) is 0 Å². The fourth-order valence-corrected chi connectivity index (χ4v) is 4.46. The topological polar surface area (TPSA) is 127 Å². The largest absolute Gasteiger partial charge is 0.579 e. The van der Waals surface area contributed by atoms with E-state index in [1.807, 2.05) is 4.49 Å². The van der Waals surface area contributed by atoms with Gasteiger partial charge in [0, 0.05) is 15.9 Å². The summed E-state index contributed by atoms with van der Waals surface area (Å²) in [7, 11) is -5.74. The molecule has 0 bridgehead atoms. The SMILES string of the molecule is COC(=O)c1ccccc1S(=O)(=O)N[P+](=O)Nc1nc(C)cc(C)n1. The number of hydrogen-bond acceptors (Lipinski definition) is 7. The van der Waals surface area contributed by atoms with E-state index in [9.17, 15) is 17.8 Å². The number of methoxy groups -OCH3 is 1. The van der Waals surface area contributed by atoms with E-state index in [0.717, 1.165) is 7.11 Å². The molecule has 0 aliphatic rings. The van der Waals surface area contributed by atoms with Crippen molar-refractivity contribution >= 4 is 30.0 Å². The van der Waals surface area contributed by atoms with Gasteiger partial charge in [0.1, 0.15) is 4.90 Å². The lowest BCUT2D eigenvalue weighted by Crippen LogP contribution is -2.22. The van der Waals surface area contributed by atoms with Crippen LogP contribution in [0.15, 0.2) is 35.2 Å². The third-order valence-corrected chi connectivity index (χ3v) is 5.93. The Balaban J connectivity index is 2.24. The lowest BCUT2D eigenvalue weighted by molar-refractivity contribution is 0.0596. The summed E-state index contributed by atoms with van der Waals surface area (Å²) >= 11 is 0. The predicted octanol–water partition coefficient (Wildman–Crippen LogP) is 1.93. The molecule has 1 aromatic carbocycles. The summed E-state index contributed by atoms with van der Waals surface area (Å²) in [6, 6.07) is 7.16. The molecule has 0 aliphatic carbocycles. The molecule has 2 rings (SSSR count). The Morgan fingerprint density at radius 1 is 1.16 bits per heavy atom. The number of hydrogen-bond donors (Lipinski definition) is 2. The van der Waals surface area contributed by atoms with Crippen LogP contribution in [0.25, 0.3) is 0 Å². The first-order chi connectivity index (χ1) is 11.7. The molecule has 0 amide bonds. The maximum atomic E-state index is 12.4. The third kappa shape index (κ3) is 4.79. The first-order valence-electron chi connectivity index (χ1n) is 6.99. The molecule has 1 atom stereocenters. The van der Waals surface area contributed by atoms with E-state index in [4.69, 9.17) is 0 Å². The molecule has 132 valence electrons. The number of esters is 1. The summed E-state index contributed by atoms with van der Waals surface area (Å²) in [5, 5.41) is 2.39. The van der Waals surface area contributed by atoms with Crippen LogP contribution < -0.4 is 9.58 Å². The maximum Gasteiger partial charge on any atom is 0.579 e. The molecule has 9 nitrogen and oxygen atoms in total. The first-order valence-corrected chi connectivity index (χ1v) is 9.73. The van der Waals surface area contributed by atoms with Crippen LogP contribution in [0.4, 0.5) is 5.95 Å². The average molecular weight is 383 g/mol. The second-order valence-electron chi connectivity index (χ2n) is 4.96. The number of benzene rings is 1. The molecule has 1 heterocycles. The van der Waals surface area contributed by atoms with Gasteiger partial charge in [-0.25, -0.2) is 23.2 Å². The van der Waals surface area contributed by atoms with Gasteiger partial charge in [-0.15, -0.1) is 5.09 Å². The van der Waals surface area contributed by atoms with E-state index in [-0.39, 0.29) is 16.4 Å². The lowest BCUT2D eigenvalue weighted by atomic mass is 10.2. The van der Waals surface area contributed by atoms with Gasteiger partial charge in [0.25, 0.3) is 16.0 Å². The van der Waals surface area contributed by atoms with E-state index in [1.54, 1.807) is 19.9 Å². The molecule has 0 saturated carbocycles. The van der Waals surface area contributed by atoms with Gasteiger partial charge < -0.3 is 4.74 Å². The van der Waals surface area contributed by atoms with Gasteiger partial charge in [0.15, 0.2) is 0 Å². The van der Waals surface area contributed by atoms with Crippen LogP contribution in [0.2, 0.25) is 0 Å². The second-order valence-corrected chi connectivity index (χ2v) is 7.95. The predicted molar refractivity (Wildman–Crippen MR) is 90.8 cm³/mol. The van der Waals surface area contributed by atoms with Gasteiger partial charge in [0.05, 0.1) is 12.7 Å². The highest BCUT2D eigenvalue weighted by atomic mass is 32.2. The first kappa shape index (κ1) is 18.9. The number of anilines is 1. The monoisotopic (exact) mass is 383 g/mol. The summed E-state index contributed by atoms with van der Waals surface area (Å²) in [6.07, 6.45) is 0. The van der Waals surface area contributed by atoms with Crippen molar-refractivity contribution in [1.82, 2.24) is 14.5 Å². The number of aryl methyl sites for hydroxylation is 2. The zero-order valence-electron chi connectivity index (χ0n) is 13.7. The minimum Gasteiger partial charge on any atom is -0.465 e.